The molecule has 1 heterocycles. The van der Waals surface area contributed by atoms with Gasteiger partial charge in [0, 0.05) is 12.7 Å². The number of nitrogens with one attached hydrogen (secondary N) is 2. The lowest BCUT2D eigenvalue weighted by molar-refractivity contribution is -0.120. The van der Waals surface area contributed by atoms with Gasteiger partial charge in [0.2, 0.25) is 5.91 Å². The van der Waals surface area contributed by atoms with Crippen LogP contribution >= 0.6 is 0 Å². The second kappa shape index (κ2) is 8.26. The lowest BCUT2D eigenvalue weighted by atomic mass is 10.2. The number of aromatic nitrogens is 3. The van der Waals surface area contributed by atoms with E-state index < -0.39 is 11.9 Å². The second-order valence-corrected chi connectivity index (χ2v) is 4.95. The van der Waals surface area contributed by atoms with E-state index in [2.05, 4.69) is 20.9 Å². The van der Waals surface area contributed by atoms with E-state index in [9.17, 15) is 9.59 Å². The highest BCUT2D eigenvalue weighted by molar-refractivity contribution is 5.94. The summed E-state index contributed by atoms with van der Waals surface area (Å²) in [5.41, 5.74) is 6.19. The molecule has 0 fully saturated rings. The molecule has 4 N–H and O–H groups in total. The maximum Gasteiger partial charge on any atom is 0.321 e. The topological polar surface area (TPSA) is 115 Å². The molecule has 0 unspecified atom stereocenters. The first-order valence-corrected chi connectivity index (χ1v) is 6.68. The van der Waals surface area contributed by atoms with Crippen molar-refractivity contribution >= 4 is 11.9 Å². The Morgan fingerprint density at radius 3 is 2.85 bits per heavy atom. The van der Waals surface area contributed by atoms with Crippen molar-refractivity contribution in [3.05, 3.63) is 11.9 Å². The Morgan fingerprint density at radius 2 is 2.20 bits per heavy atom. The predicted molar refractivity (Wildman–Crippen MR) is 73.8 cm³/mol. The third-order valence-corrected chi connectivity index (χ3v) is 2.45. The summed E-state index contributed by atoms with van der Waals surface area (Å²) in [6.07, 6.45) is 3.23. The molecule has 112 valence electrons. The van der Waals surface area contributed by atoms with Crippen LogP contribution in [-0.2, 0) is 17.8 Å². The minimum atomic E-state index is -0.493. The van der Waals surface area contributed by atoms with E-state index in [0.717, 1.165) is 18.5 Å². The predicted octanol–water partition coefficient (Wildman–Crippen LogP) is -0.349. The maximum absolute atomic E-state index is 11.6. The summed E-state index contributed by atoms with van der Waals surface area (Å²) in [6.45, 7) is 5.01. The average Bonchev–Trinajstić information content (AvgIpc) is 2.81. The van der Waals surface area contributed by atoms with E-state index >= 15 is 0 Å². The van der Waals surface area contributed by atoms with Crippen molar-refractivity contribution in [1.29, 1.82) is 0 Å². The van der Waals surface area contributed by atoms with Gasteiger partial charge < -0.3 is 11.1 Å². The molecule has 0 saturated heterocycles. The fraction of sp³-hybridized carbons (Fsp3) is 0.667. The standard InChI is InChI=1S/C12H22N6O2/c1-9(2)6-14-12(20)15-11(19)8-18-7-10(16-17-18)4-3-5-13/h7,9H,3-6,8,13H2,1-2H3,(H2,14,15,19,20). The first-order valence-electron chi connectivity index (χ1n) is 6.68. The Labute approximate surface area is 118 Å². The number of urea groups is 1. The van der Waals surface area contributed by atoms with E-state index in [-0.39, 0.29) is 6.54 Å². The lowest BCUT2D eigenvalue weighted by Gasteiger charge is -2.08. The summed E-state index contributed by atoms with van der Waals surface area (Å²) < 4.78 is 1.40. The van der Waals surface area contributed by atoms with E-state index in [1.54, 1.807) is 6.20 Å². The molecule has 0 bridgehead atoms. The normalized spacial score (nSPS) is 10.6. The minimum Gasteiger partial charge on any atom is -0.338 e. The van der Waals surface area contributed by atoms with Crippen molar-refractivity contribution in [2.75, 3.05) is 13.1 Å². The fourth-order valence-electron chi connectivity index (χ4n) is 1.47. The van der Waals surface area contributed by atoms with Gasteiger partial charge in [-0.3, -0.25) is 10.1 Å². The van der Waals surface area contributed by atoms with Crippen LogP contribution in [0.25, 0.3) is 0 Å². The first-order chi connectivity index (χ1) is 9.51. The number of hydrogen-bond donors (Lipinski definition) is 3. The molecule has 8 heteroatoms. The summed E-state index contributed by atoms with van der Waals surface area (Å²) in [5, 5.41) is 12.6. The number of carbonyl (C=O) groups is 2. The van der Waals surface area contributed by atoms with Crippen LogP contribution in [0.1, 0.15) is 26.0 Å². The molecular formula is C12H22N6O2. The molecule has 0 aliphatic heterocycles. The van der Waals surface area contributed by atoms with Crippen molar-refractivity contribution in [3.63, 3.8) is 0 Å². The highest BCUT2D eigenvalue weighted by Gasteiger charge is 2.10. The molecule has 0 spiro atoms. The van der Waals surface area contributed by atoms with E-state index in [1.165, 1.54) is 4.68 Å². The van der Waals surface area contributed by atoms with E-state index in [1.807, 2.05) is 13.8 Å². The minimum absolute atomic E-state index is 0.0370. The highest BCUT2D eigenvalue weighted by Crippen LogP contribution is 1.97. The molecule has 0 aliphatic rings. The van der Waals surface area contributed by atoms with Gasteiger partial charge in [0.15, 0.2) is 0 Å². The van der Waals surface area contributed by atoms with Gasteiger partial charge in [-0.05, 0) is 25.3 Å². The summed E-state index contributed by atoms with van der Waals surface area (Å²) in [5.74, 6) is -0.0993. The van der Waals surface area contributed by atoms with Gasteiger partial charge in [0.05, 0.1) is 5.69 Å². The van der Waals surface area contributed by atoms with Crippen LogP contribution in [0.5, 0.6) is 0 Å². The van der Waals surface area contributed by atoms with E-state index in [4.69, 9.17) is 5.73 Å². The Kier molecular flexibility index (Phi) is 6.65. The van der Waals surface area contributed by atoms with Crippen molar-refractivity contribution in [1.82, 2.24) is 25.6 Å². The zero-order chi connectivity index (χ0) is 15.0. The largest absolute Gasteiger partial charge is 0.338 e. The maximum atomic E-state index is 11.6. The van der Waals surface area contributed by atoms with Crippen molar-refractivity contribution in [2.24, 2.45) is 11.7 Å². The monoisotopic (exact) mass is 282 g/mol. The summed E-state index contributed by atoms with van der Waals surface area (Å²) in [7, 11) is 0. The van der Waals surface area contributed by atoms with Crippen LogP contribution in [0.15, 0.2) is 6.20 Å². The van der Waals surface area contributed by atoms with Crippen LogP contribution < -0.4 is 16.4 Å². The van der Waals surface area contributed by atoms with E-state index in [0.29, 0.717) is 19.0 Å². The molecular weight excluding hydrogens is 260 g/mol. The molecule has 0 radical (unpaired) electrons. The smallest absolute Gasteiger partial charge is 0.321 e. The number of imide groups is 1. The van der Waals surface area contributed by atoms with Gasteiger partial charge in [0.1, 0.15) is 6.54 Å². The second-order valence-electron chi connectivity index (χ2n) is 4.95. The Balaban J connectivity index is 2.34. The number of rotatable bonds is 7. The molecule has 0 aliphatic carbocycles. The third kappa shape index (κ3) is 6.28. The SMILES string of the molecule is CC(C)CNC(=O)NC(=O)Cn1cc(CCCN)nn1. The lowest BCUT2D eigenvalue weighted by Crippen LogP contribution is -2.42. The zero-order valence-electron chi connectivity index (χ0n) is 11.9. The van der Waals surface area contributed by atoms with Crippen LogP contribution in [0, 0.1) is 5.92 Å². The number of nitrogens with zero attached hydrogens (tertiary/aromatic N) is 3. The van der Waals surface area contributed by atoms with Crippen LogP contribution in [0.2, 0.25) is 0 Å². The summed E-state index contributed by atoms with van der Waals surface area (Å²) in [4.78, 5) is 23.0. The number of carbonyl (C=O) groups excluding carboxylic acids is 2. The third-order valence-electron chi connectivity index (χ3n) is 2.45. The van der Waals surface area contributed by atoms with Crippen molar-refractivity contribution < 1.29 is 9.59 Å². The van der Waals surface area contributed by atoms with Crippen LogP contribution in [0.4, 0.5) is 4.79 Å². The Hall–Kier alpha value is -1.96. The number of aryl methyl sites for hydroxylation is 1. The summed E-state index contributed by atoms with van der Waals surface area (Å²) >= 11 is 0. The van der Waals surface area contributed by atoms with Gasteiger partial charge in [-0.2, -0.15) is 0 Å². The van der Waals surface area contributed by atoms with Gasteiger partial charge in [-0.25, -0.2) is 9.48 Å². The quantitative estimate of drug-likeness (QED) is 0.632. The van der Waals surface area contributed by atoms with Crippen LogP contribution in [0.3, 0.4) is 0 Å². The Bertz CT molecular complexity index is 443. The first kappa shape index (κ1) is 16.1. The molecule has 1 aromatic heterocycles. The van der Waals surface area contributed by atoms with Gasteiger partial charge >= 0.3 is 6.03 Å². The summed E-state index contributed by atoms with van der Waals surface area (Å²) in [6, 6.07) is -0.493. The molecule has 20 heavy (non-hydrogen) atoms. The zero-order valence-corrected chi connectivity index (χ0v) is 11.9. The van der Waals surface area contributed by atoms with Gasteiger partial charge in [-0.1, -0.05) is 19.1 Å². The number of nitrogens with two attached hydrogens (primary N) is 1. The Morgan fingerprint density at radius 1 is 1.45 bits per heavy atom. The van der Waals surface area contributed by atoms with Gasteiger partial charge in [-0.15, -0.1) is 5.10 Å². The van der Waals surface area contributed by atoms with Crippen molar-refractivity contribution in [3.8, 4) is 0 Å². The molecule has 0 saturated carbocycles. The van der Waals surface area contributed by atoms with Crippen molar-refractivity contribution in [2.45, 2.75) is 33.2 Å². The van der Waals surface area contributed by atoms with Gasteiger partial charge in [0.25, 0.3) is 0 Å². The molecule has 1 rings (SSSR count). The number of hydrogen-bond acceptors (Lipinski definition) is 5. The van der Waals surface area contributed by atoms with Crippen LogP contribution in [-0.4, -0.2) is 40.0 Å². The average molecular weight is 282 g/mol. The molecule has 0 atom stereocenters. The highest BCUT2D eigenvalue weighted by atomic mass is 16.2. The fourth-order valence-corrected chi connectivity index (χ4v) is 1.47. The number of amides is 3. The molecule has 1 aromatic rings. The molecule has 3 amide bonds. The molecule has 0 aromatic carbocycles. The molecule has 8 nitrogen and oxygen atoms in total.